The highest BCUT2D eigenvalue weighted by Crippen LogP contribution is 2.47. The molecule has 0 heterocycles. The Kier molecular flexibility index (Phi) is 4.71. The number of aliphatic hydroxyl groups excluding tert-OH is 1. The molecule has 0 unspecified atom stereocenters. The lowest BCUT2D eigenvalue weighted by molar-refractivity contribution is -0.120. The molecule has 19 heavy (non-hydrogen) atoms. The smallest absolute Gasteiger partial charge is 0.224 e. The van der Waals surface area contributed by atoms with Crippen molar-refractivity contribution >= 4 is 29.1 Å². The van der Waals surface area contributed by atoms with Gasteiger partial charge in [0.2, 0.25) is 5.91 Å². The van der Waals surface area contributed by atoms with Crippen molar-refractivity contribution < 1.29 is 9.90 Å². The average Bonchev–Trinajstić information content (AvgIpc) is 3.12. The van der Waals surface area contributed by atoms with Crippen LogP contribution in [0, 0.1) is 5.41 Å². The summed E-state index contributed by atoms with van der Waals surface area (Å²) in [7, 11) is 0. The van der Waals surface area contributed by atoms with E-state index in [0.717, 1.165) is 24.8 Å². The molecule has 0 aromatic heterocycles. The Bertz CT molecular complexity index is 473. The molecule has 1 saturated carbocycles. The van der Waals surface area contributed by atoms with Crippen molar-refractivity contribution in [3.8, 4) is 0 Å². The summed E-state index contributed by atoms with van der Waals surface area (Å²) in [4.78, 5) is 11.8. The lowest BCUT2D eigenvalue weighted by Crippen LogP contribution is -2.31. The van der Waals surface area contributed by atoms with Crippen molar-refractivity contribution in [2.75, 3.05) is 13.2 Å². The van der Waals surface area contributed by atoms with E-state index in [9.17, 15) is 4.79 Å². The van der Waals surface area contributed by atoms with Crippen LogP contribution in [0.15, 0.2) is 18.2 Å². The number of nitrogens with one attached hydrogen (secondary N) is 1. The molecular weight excluding hydrogens is 285 g/mol. The Labute approximate surface area is 122 Å². The lowest BCUT2D eigenvalue weighted by Gasteiger charge is -2.14. The second-order valence-corrected chi connectivity index (χ2v) is 5.99. The van der Waals surface area contributed by atoms with Crippen LogP contribution < -0.4 is 5.32 Å². The third kappa shape index (κ3) is 4.10. The van der Waals surface area contributed by atoms with E-state index in [-0.39, 0.29) is 17.9 Å². The predicted octanol–water partition coefficient (Wildman–Crippen LogP) is 2.81. The topological polar surface area (TPSA) is 49.3 Å². The molecule has 2 N–H and O–H groups in total. The van der Waals surface area contributed by atoms with Crippen molar-refractivity contribution in [1.29, 1.82) is 0 Å². The zero-order valence-electron chi connectivity index (χ0n) is 10.6. The SMILES string of the molecule is O=C(Cc1ccc(Cl)c(Cl)c1)NCC1(CCO)CC1. The number of aliphatic hydroxyl groups is 1. The monoisotopic (exact) mass is 301 g/mol. The van der Waals surface area contributed by atoms with Crippen molar-refractivity contribution in [3.63, 3.8) is 0 Å². The largest absolute Gasteiger partial charge is 0.396 e. The second kappa shape index (κ2) is 6.12. The highest BCUT2D eigenvalue weighted by Gasteiger charge is 2.41. The minimum atomic E-state index is -0.0254. The molecule has 1 aliphatic rings. The van der Waals surface area contributed by atoms with Gasteiger partial charge in [-0.2, -0.15) is 0 Å². The third-order valence-corrected chi connectivity index (χ3v) is 4.35. The Balaban J connectivity index is 1.82. The van der Waals surface area contributed by atoms with Crippen LogP contribution in [0.25, 0.3) is 0 Å². The van der Waals surface area contributed by atoms with Gasteiger partial charge in [0.15, 0.2) is 0 Å². The van der Waals surface area contributed by atoms with Crippen LogP contribution >= 0.6 is 23.2 Å². The van der Waals surface area contributed by atoms with Gasteiger partial charge in [0.25, 0.3) is 0 Å². The average molecular weight is 302 g/mol. The molecule has 0 spiro atoms. The van der Waals surface area contributed by atoms with Crippen LogP contribution in [0.2, 0.25) is 10.0 Å². The van der Waals surface area contributed by atoms with Crippen molar-refractivity contribution in [1.82, 2.24) is 5.32 Å². The van der Waals surface area contributed by atoms with Crippen LogP contribution in [-0.2, 0) is 11.2 Å². The maximum atomic E-state index is 11.8. The number of hydrogen-bond acceptors (Lipinski definition) is 2. The summed E-state index contributed by atoms with van der Waals surface area (Å²) in [5, 5.41) is 12.8. The van der Waals surface area contributed by atoms with E-state index in [1.54, 1.807) is 18.2 Å². The fourth-order valence-electron chi connectivity index (χ4n) is 2.11. The van der Waals surface area contributed by atoms with Gasteiger partial charge in [-0.15, -0.1) is 0 Å². The van der Waals surface area contributed by atoms with E-state index >= 15 is 0 Å². The van der Waals surface area contributed by atoms with Gasteiger partial charge >= 0.3 is 0 Å². The van der Waals surface area contributed by atoms with Crippen LogP contribution in [0.3, 0.4) is 0 Å². The molecule has 1 amide bonds. The number of hydrogen-bond donors (Lipinski definition) is 2. The summed E-state index contributed by atoms with van der Waals surface area (Å²) in [6, 6.07) is 5.21. The van der Waals surface area contributed by atoms with Gasteiger partial charge < -0.3 is 10.4 Å². The van der Waals surface area contributed by atoms with E-state index in [1.807, 2.05) is 0 Å². The van der Waals surface area contributed by atoms with Gasteiger partial charge in [-0.3, -0.25) is 4.79 Å². The number of carbonyl (C=O) groups is 1. The first kappa shape index (κ1) is 14.6. The van der Waals surface area contributed by atoms with E-state index in [0.29, 0.717) is 23.0 Å². The zero-order chi connectivity index (χ0) is 13.9. The molecule has 1 fully saturated rings. The van der Waals surface area contributed by atoms with E-state index in [2.05, 4.69) is 5.32 Å². The fraction of sp³-hybridized carbons (Fsp3) is 0.500. The number of amides is 1. The first-order valence-corrected chi connectivity index (χ1v) is 7.12. The predicted molar refractivity (Wildman–Crippen MR) is 76.5 cm³/mol. The van der Waals surface area contributed by atoms with E-state index in [4.69, 9.17) is 28.3 Å². The van der Waals surface area contributed by atoms with Gasteiger partial charge in [-0.1, -0.05) is 29.3 Å². The molecule has 1 aliphatic carbocycles. The van der Waals surface area contributed by atoms with Gasteiger partial charge in [0, 0.05) is 13.2 Å². The van der Waals surface area contributed by atoms with Gasteiger partial charge in [0.05, 0.1) is 16.5 Å². The Morgan fingerprint density at radius 1 is 1.32 bits per heavy atom. The van der Waals surface area contributed by atoms with Crippen LogP contribution in [0.1, 0.15) is 24.8 Å². The molecule has 0 bridgehead atoms. The molecule has 104 valence electrons. The summed E-state index contributed by atoms with van der Waals surface area (Å²) < 4.78 is 0. The molecule has 1 aromatic carbocycles. The first-order chi connectivity index (χ1) is 9.04. The zero-order valence-corrected chi connectivity index (χ0v) is 12.1. The Hall–Kier alpha value is -0.770. The number of rotatable bonds is 6. The molecule has 3 nitrogen and oxygen atoms in total. The number of benzene rings is 1. The fourth-order valence-corrected chi connectivity index (χ4v) is 2.43. The minimum absolute atomic E-state index is 0.0254. The summed E-state index contributed by atoms with van der Waals surface area (Å²) in [5.74, 6) is -0.0254. The summed E-state index contributed by atoms with van der Waals surface area (Å²) in [5.41, 5.74) is 0.987. The van der Waals surface area contributed by atoms with Crippen LogP contribution in [0.5, 0.6) is 0 Å². The first-order valence-electron chi connectivity index (χ1n) is 6.36. The molecule has 2 rings (SSSR count). The summed E-state index contributed by atoms with van der Waals surface area (Å²) >= 11 is 11.7. The van der Waals surface area contributed by atoms with Crippen molar-refractivity contribution in [3.05, 3.63) is 33.8 Å². The maximum Gasteiger partial charge on any atom is 0.224 e. The van der Waals surface area contributed by atoms with Gasteiger partial charge in [-0.25, -0.2) is 0 Å². The second-order valence-electron chi connectivity index (χ2n) is 5.18. The molecule has 0 radical (unpaired) electrons. The standard InChI is InChI=1S/C14H17Cl2NO2/c15-11-2-1-10(7-12(11)16)8-13(19)17-9-14(3-4-14)5-6-18/h1-2,7,18H,3-6,8-9H2,(H,17,19). The highest BCUT2D eigenvalue weighted by atomic mass is 35.5. The molecule has 0 aliphatic heterocycles. The lowest BCUT2D eigenvalue weighted by atomic mass is 10.0. The number of halogens is 2. The molecule has 0 atom stereocenters. The summed E-state index contributed by atoms with van der Waals surface area (Å²) in [6.07, 6.45) is 3.23. The minimum Gasteiger partial charge on any atom is -0.396 e. The molecule has 0 saturated heterocycles. The van der Waals surface area contributed by atoms with Gasteiger partial charge in [-0.05, 0) is 42.4 Å². The normalized spacial score (nSPS) is 16.2. The van der Waals surface area contributed by atoms with Crippen molar-refractivity contribution in [2.45, 2.75) is 25.7 Å². The molecule has 5 heteroatoms. The van der Waals surface area contributed by atoms with Crippen LogP contribution in [0.4, 0.5) is 0 Å². The maximum absolute atomic E-state index is 11.8. The third-order valence-electron chi connectivity index (χ3n) is 3.61. The Morgan fingerprint density at radius 2 is 2.05 bits per heavy atom. The van der Waals surface area contributed by atoms with E-state index in [1.165, 1.54) is 0 Å². The molecule has 1 aromatic rings. The van der Waals surface area contributed by atoms with E-state index < -0.39 is 0 Å². The van der Waals surface area contributed by atoms with Crippen molar-refractivity contribution in [2.24, 2.45) is 5.41 Å². The molecular formula is C14H17Cl2NO2. The highest BCUT2D eigenvalue weighted by molar-refractivity contribution is 6.42. The van der Waals surface area contributed by atoms with Gasteiger partial charge in [0.1, 0.15) is 0 Å². The Morgan fingerprint density at radius 3 is 2.63 bits per heavy atom. The van der Waals surface area contributed by atoms with Crippen LogP contribution in [-0.4, -0.2) is 24.2 Å². The summed E-state index contributed by atoms with van der Waals surface area (Å²) in [6.45, 7) is 0.830. The quantitative estimate of drug-likeness (QED) is 0.849. The number of carbonyl (C=O) groups excluding carboxylic acids is 1.